The molecule has 1 aliphatic rings. The fourth-order valence-corrected chi connectivity index (χ4v) is 6.35. The van der Waals surface area contributed by atoms with Crippen LogP contribution in [0.5, 0.6) is 0 Å². The van der Waals surface area contributed by atoms with E-state index in [9.17, 15) is 28.8 Å². The second-order valence-corrected chi connectivity index (χ2v) is 15.4. The fourth-order valence-electron chi connectivity index (χ4n) is 6.35. The standard InChI is InChI=1S/C36H58N6O6/c1-11-24-14-16-25(17-15-24)39-30(45)26(13-12-18-38-33(37)48)40-31(46)29(22(2)3)41-32(47)34(6,7)21-35(8,9)42-27(43)19-36(10,23(4)5)20-28(42)44/h14-17,22-23,26,29H,11-13,18-21H2,1-10H3,(H,39,45)(H,40,46)(H,41,47)(H3,37,38,48)/t26-,29-/m0/s1. The molecule has 1 aromatic carbocycles. The van der Waals surface area contributed by atoms with Crippen LogP contribution >= 0.6 is 0 Å². The number of carbonyl (C=O) groups is 6. The van der Waals surface area contributed by atoms with E-state index < -0.39 is 52.2 Å². The van der Waals surface area contributed by atoms with Gasteiger partial charge in [0.2, 0.25) is 29.5 Å². The van der Waals surface area contributed by atoms with Crippen LogP contribution in [0.4, 0.5) is 10.5 Å². The number of primary amides is 1. The van der Waals surface area contributed by atoms with Crippen LogP contribution in [0.15, 0.2) is 24.3 Å². The van der Waals surface area contributed by atoms with Gasteiger partial charge in [0, 0.05) is 36.0 Å². The Bertz CT molecular complexity index is 1320. The van der Waals surface area contributed by atoms with E-state index in [1.54, 1.807) is 53.7 Å². The lowest BCUT2D eigenvalue weighted by molar-refractivity contribution is -0.163. The molecule has 2 rings (SSSR count). The number of likely N-dealkylation sites (tertiary alicyclic amines) is 1. The van der Waals surface area contributed by atoms with Crippen molar-refractivity contribution in [3.8, 4) is 0 Å². The molecule has 1 saturated heterocycles. The minimum absolute atomic E-state index is 0.154. The van der Waals surface area contributed by atoms with Crippen molar-refractivity contribution in [2.75, 3.05) is 11.9 Å². The minimum Gasteiger partial charge on any atom is -0.352 e. The summed E-state index contributed by atoms with van der Waals surface area (Å²) in [7, 11) is 0. The Morgan fingerprint density at radius 3 is 1.96 bits per heavy atom. The van der Waals surface area contributed by atoms with Crippen molar-refractivity contribution >= 4 is 41.3 Å². The Hall–Kier alpha value is -3.96. The number of anilines is 1. The van der Waals surface area contributed by atoms with Gasteiger partial charge in [-0.1, -0.05) is 67.5 Å². The second kappa shape index (κ2) is 16.4. The van der Waals surface area contributed by atoms with Gasteiger partial charge in [-0.15, -0.1) is 0 Å². The predicted octanol–water partition coefficient (Wildman–Crippen LogP) is 4.27. The van der Waals surface area contributed by atoms with Crippen molar-refractivity contribution in [2.24, 2.45) is 28.4 Å². The fraction of sp³-hybridized carbons (Fsp3) is 0.667. The number of imide groups is 1. The van der Waals surface area contributed by atoms with Gasteiger partial charge < -0.3 is 27.0 Å². The molecule has 1 aliphatic heterocycles. The lowest BCUT2D eigenvalue weighted by Gasteiger charge is -2.48. The number of carbonyl (C=O) groups excluding carboxylic acids is 6. The van der Waals surface area contributed by atoms with Gasteiger partial charge in [-0.2, -0.15) is 0 Å². The molecule has 1 fully saturated rings. The summed E-state index contributed by atoms with van der Waals surface area (Å²) in [4.78, 5) is 79.9. The van der Waals surface area contributed by atoms with Gasteiger partial charge in [0.25, 0.3) is 0 Å². The molecule has 0 aliphatic carbocycles. The number of hydrogen-bond acceptors (Lipinski definition) is 6. The highest BCUT2D eigenvalue weighted by molar-refractivity contribution is 6.00. The van der Waals surface area contributed by atoms with E-state index >= 15 is 0 Å². The van der Waals surface area contributed by atoms with Gasteiger partial charge >= 0.3 is 6.03 Å². The maximum Gasteiger partial charge on any atom is 0.312 e. The second-order valence-electron chi connectivity index (χ2n) is 15.4. The number of nitrogens with zero attached hydrogens (tertiary/aromatic N) is 1. The smallest absolute Gasteiger partial charge is 0.312 e. The molecule has 48 heavy (non-hydrogen) atoms. The maximum atomic E-state index is 13.8. The Morgan fingerprint density at radius 2 is 1.48 bits per heavy atom. The van der Waals surface area contributed by atoms with Gasteiger partial charge in [-0.05, 0) is 74.5 Å². The molecule has 268 valence electrons. The Balaban J connectivity index is 2.20. The summed E-state index contributed by atoms with van der Waals surface area (Å²) in [5.41, 5.74) is 4.41. The van der Waals surface area contributed by atoms with Crippen molar-refractivity contribution in [1.82, 2.24) is 20.9 Å². The number of rotatable bonds is 16. The van der Waals surface area contributed by atoms with Crippen molar-refractivity contribution < 1.29 is 28.8 Å². The first kappa shape index (κ1) is 40.2. The molecule has 1 aromatic rings. The summed E-state index contributed by atoms with van der Waals surface area (Å²) in [5.74, 6) is -2.07. The summed E-state index contributed by atoms with van der Waals surface area (Å²) in [6, 6.07) is 4.77. The molecule has 0 aromatic heterocycles. The number of nitrogens with two attached hydrogens (primary N) is 1. The molecule has 2 atom stereocenters. The number of amides is 7. The molecule has 0 unspecified atom stereocenters. The van der Waals surface area contributed by atoms with Crippen LogP contribution < -0.4 is 27.0 Å². The first-order chi connectivity index (χ1) is 22.1. The summed E-state index contributed by atoms with van der Waals surface area (Å²) in [6.07, 6.45) is 2.09. The Kier molecular flexibility index (Phi) is 13.8. The lowest BCUT2D eigenvalue weighted by Crippen LogP contribution is -2.60. The van der Waals surface area contributed by atoms with Crippen LogP contribution in [-0.4, -0.2) is 64.6 Å². The van der Waals surface area contributed by atoms with Gasteiger partial charge in [0.1, 0.15) is 12.1 Å². The molecule has 0 saturated carbocycles. The third kappa shape index (κ3) is 10.8. The van der Waals surface area contributed by atoms with E-state index in [0.717, 1.165) is 12.0 Å². The van der Waals surface area contributed by atoms with E-state index in [1.807, 2.05) is 39.8 Å². The number of nitrogens with one attached hydrogen (secondary N) is 4. The molecule has 6 N–H and O–H groups in total. The summed E-state index contributed by atoms with van der Waals surface area (Å²) < 4.78 is 0. The average Bonchev–Trinajstić information content (AvgIpc) is 2.95. The number of urea groups is 1. The maximum absolute atomic E-state index is 13.8. The molecule has 12 nitrogen and oxygen atoms in total. The SMILES string of the molecule is CCc1ccc(NC(=O)[C@H](CCCNC(N)=O)NC(=O)[C@@H](NC(=O)C(C)(C)CC(C)(C)N2C(=O)CC(C)(C(C)C)CC2=O)C(C)C)cc1. The van der Waals surface area contributed by atoms with E-state index in [4.69, 9.17) is 5.73 Å². The van der Waals surface area contributed by atoms with Crippen LogP contribution in [0.1, 0.15) is 107 Å². The van der Waals surface area contributed by atoms with Gasteiger partial charge in [0.15, 0.2) is 0 Å². The van der Waals surface area contributed by atoms with Crippen LogP contribution in [-0.2, 0) is 30.4 Å². The quantitative estimate of drug-likeness (QED) is 0.129. The normalized spacial score (nSPS) is 16.4. The third-order valence-electron chi connectivity index (χ3n) is 9.56. The van der Waals surface area contributed by atoms with Crippen molar-refractivity contribution in [2.45, 2.75) is 125 Å². The molecule has 0 spiro atoms. The van der Waals surface area contributed by atoms with Gasteiger partial charge in [-0.3, -0.25) is 28.9 Å². The van der Waals surface area contributed by atoms with E-state index in [-0.39, 0.29) is 55.9 Å². The zero-order valence-corrected chi connectivity index (χ0v) is 30.5. The third-order valence-corrected chi connectivity index (χ3v) is 9.56. The zero-order chi connectivity index (χ0) is 36.6. The van der Waals surface area contributed by atoms with Crippen LogP contribution in [0.25, 0.3) is 0 Å². The summed E-state index contributed by atoms with van der Waals surface area (Å²) >= 11 is 0. The van der Waals surface area contributed by atoms with Crippen LogP contribution in [0.3, 0.4) is 0 Å². The first-order valence-corrected chi connectivity index (χ1v) is 17.0. The molecule has 7 amide bonds. The van der Waals surface area contributed by atoms with Crippen LogP contribution in [0, 0.1) is 22.7 Å². The first-order valence-electron chi connectivity index (χ1n) is 17.0. The molecule has 12 heteroatoms. The highest BCUT2D eigenvalue weighted by Gasteiger charge is 2.49. The van der Waals surface area contributed by atoms with Gasteiger partial charge in [0.05, 0.1) is 0 Å². The lowest BCUT2D eigenvalue weighted by atomic mass is 9.69. The number of hydrogen-bond donors (Lipinski definition) is 5. The number of benzene rings is 1. The van der Waals surface area contributed by atoms with Gasteiger partial charge in [-0.25, -0.2) is 4.79 Å². The highest BCUT2D eigenvalue weighted by atomic mass is 16.2. The monoisotopic (exact) mass is 670 g/mol. The molecular weight excluding hydrogens is 612 g/mol. The van der Waals surface area contributed by atoms with Crippen molar-refractivity contribution in [3.63, 3.8) is 0 Å². The minimum atomic E-state index is -1.07. The van der Waals surface area contributed by atoms with Crippen LogP contribution in [0.2, 0.25) is 0 Å². The zero-order valence-electron chi connectivity index (χ0n) is 30.5. The Morgan fingerprint density at radius 1 is 0.917 bits per heavy atom. The Labute approximate surface area is 286 Å². The molecule has 1 heterocycles. The molecular formula is C36H58N6O6. The molecule has 0 radical (unpaired) electrons. The van der Waals surface area contributed by atoms with E-state index in [1.165, 1.54) is 4.90 Å². The summed E-state index contributed by atoms with van der Waals surface area (Å²) in [6.45, 7) is 18.8. The number of piperidine rings is 1. The average molecular weight is 671 g/mol. The largest absolute Gasteiger partial charge is 0.352 e. The number of aryl methyl sites for hydroxylation is 1. The molecule has 0 bridgehead atoms. The van der Waals surface area contributed by atoms with E-state index in [2.05, 4.69) is 21.3 Å². The highest BCUT2D eigenvalue weighted by Crippen LogP contribution is 2.43. The van der Waals surface area contributed by atoms with Crippen molar-refractivity contribution in [3.05, 3.63) is 29.8 Å². The topological polar surface area (TPSA) is 180 Å². The summed E-state index contributed by atoms with van der Waals surface area (Å²) in [5, 5.41) is 11.0. The van der Waals surface area contributed by atoms with Crippen molar-refractivity contribution in [1.29, 1.82) is 0 Å². The predicted molar refractivity (Wildman–Crippen MR) is 186 cm³/mol. The van der Waals surface area contributed by atoms with E-state index in [0.29, 0.717) is 12.1 Å².